The average Bonchev–Trinajstić information content (AvgIpc) is 3.02. The number of alkyl halides is 4. The quantitative estimate of drug-likeness (QED) is 0.850. The molecule has 22 heavy (non-hydrogen) atoms. The summed E-state index contributed by atoms with van der Waals surface area (Å²) in [5.41, 5.74) is -4.09. The fourth-order valence-corrected chi connectivity index (χ4v) is 2.08. The number of hydrazone groups is 1. The van der Waals surface area contributed by atoms with Crippen LogP contribution < -0.4 is 0 Å². The molecule has 11 heteroatoms. The molecule has 0 aliphatic carbocycles. The molecule has 6 nitrogen and oxygen atoms in total. The highest BCUT2D eigenvalue weighted by molar-refractivity contribution is 6.30. The monoisotopic (exact) mass is 342 g/mol. The minimum absolute atomic E-state index is 0.000584. The van der Waals surface area contributed by atoms with Gasteiger partial charge in [0.1, 0.15) is 11.8 Å². The number of hydrogen-bond donors (Lipinski definition) is 1. The van der Waals surface area contributed by atoms with E-state index in [0.29, 0.717) is 0 Å². The van der Waals surface area contributed by atoms with E-state index < -0.39 is 42.7 Å². The van der Waals surface area contributed by atoms with Crippen LogP contribution in [0.25, 0.3) is 0 Å². The number of amides is 1. The minimum Gasteiger partial charge on any atom is -0.364 e. The number of aliphatic hydroxyl groups is 1. The Labute approximate surface area is 126 Å². The Balaban J connectivity index is 2.32. The van der Waals surface area contributed by atoms with Gasteiger partial charge in [-0.05, 0) is 6.92 Å². The molecule has 1 aromatic rings. The summed E-state index contributed by atoms with van der Waals surface area (Å²) in [6.45, 7) is 1.29. The highest BCUT2D eigenvalue weighted by Crippen LogP contribution is 2.34. The molecule has 0 saturated carbocycles. The first-order valence-electron chi connectivity index (χ1n) is 6.06. The number of rotatable bonds is 4. The molecule has 1 aliphatic heterocycles. The van der Waals surface area contributed by atoms with Crippen molar-refractivity contribution in [2.24, 2.45) is 5.10 Å². The van der Waals surface area contributed by atoms with Gasteiger partial charge in [-0.2, -0.15) is 15.2 Å². The van der Waals surface area contributed by atoms with Crippen LogP contribution in [-0.4, -0.2) is 50.1 Å². The zero-order valence-corrected chi connectivity index (χ0v) is 11.9. The lowest BCUT2D eigenvalue weighted by Gasteiger charge is -2.31. The van der Waals surface area contributed by atoms with Crippen molar-refractivity contribution in [3.8, 4) is 0 Å². The summed E-state index contributed by atoms with van der Waals surface area (Å²) in [5.74, 6) is -1.11. The SMILES string of the molecule is CC(C(=O)N1N=C(C(F)F)CC1(O)C(F)F)n1cc(Cl)cn1. The van der Waals surface area contributed by atoms with Gasteiger partial charge in [0.25, 0.3) is 18.8 Å². The molecule has 0 fully saturated rings. The Morgan fingerprint density at radius 1 is 1.45 bits per heavy atom. The van der Waals surface area contributed by atoms with Gasteiger partial charge < -0.3 is 5.11 Å². The molecule has 2 heterocycles. The highest BCUT2D eigenvalue weighted by Gasteiger charge is 2.54. The third-order valence-electron chi connectivity index (χ3n) is 3.17. The zero-order valence-electron chi connectivity index (χ0n) is 11.1. The van der Waals surface area contributed by atoms with E-state index in [1.807, 2.05) is 0 Å². The zero-order chi connectivity index (χ0) is 16.7. The Hall–Kier alpha value is -1.68. The Bertz CT molecular complexity index is 609. The van der Waals surface area contributed by atoms with Crippen LogP contribution in [0.2, 0.25) is 5.02 Å². The van der Waals surface area contributed by atoms with Gasteiger partial charge in [0, 0.05) is 12.6 Å². The molecule has 0 saturated heterocycles. The van der Waals surface area contributed by atoms with E-state index in [9.17, 15) is 27.5 Å². The van der Waals surface area contributed by atoms with Crippen molar-refractivity contribution < 1.29 is 27.5 Å². The molecule has 2 atom stereocenters. The third kappa shape index (κ3) is 2.80. The van der Waals surface area contributed by atoms with Crippen molar-refractivity contribution in [3.63, 3.8) is 0 Å². The van der Waals surface area contributed by atoms with Crippen molar-refractivity contribution in [2.45, 2.75) is 38.0 Å². The normalized spacial score (nSPS) is 23.3. The second-order valence-corrected chi connectivity index (χ2v) is 5.15. The standard InChI is InChI=1S/C11H11ClF4N4O2/c1-5(19-4-6(12)3-17-19)9(21)20-11(22,10(15)16)2-7(18-20)8(13)14/h3-5,8,10,22H,2H2,1H3. The van der Waals surface area contributed by atoms with Gasteiger partial charge in [0.2, 0.25) is 5.72 Å². The third-order valence-corrected chi connectivity index (χ3v) is 3.37. The van der Waals surface area contributed by atoms with Gasteiger partial charge in [-0.25, -0.2) is 17.6 Å². The van der Waals surface area contributed by atoms with Crippen molar-refractivity contribution in [1.29, 1.82) is 0 Å². The van der Waals surface area contributed by atoms with E-state index in [1.165, 1.54) is 19.3 Å². The topological polar surface area (TPSA) is 70.7 Å². The lowest BCUT2D eigenvalue weighted by molar-refractivity contribution is -0.194. The molecule has 1 aromatic heterocycles. The first kappa shape index (κ1) is 16.7. The molecule has 2 unspecified atom stereocenters. The summed E-state index contributed by atoms with van der Waals surface area (Å²) in [5, 5.41) is 17.0. The molecule has 0 aromatic carbocycles. The van der Waals surface area contributed by atoms with Crippen LogP contribution in [0.4, 0.5) is 17.6 Å². The van der Waals surface area contributed by atoms with Crippen LogP contribution >= 0.6 is 11.6 Å². The molecule has 1 N–H and O–H groups in total. The molecule has 1 amide bonds. The minimum atomic E-state index is -3.47. The predicted molar refractivity (Wildman–Crippen MR) is 67.8 cm³/mol. The molecular formula is C11H11ClF4N4O2. The van der Waals surface area contributed by atoms with E-state index >= 15 is 0 Å². The van der Waals surface area contributed by atoms with Crippen LogP contribution in [0.3, 0.4) is 0 Å². The van der Waals surface area contributed by atoms with Crippen LogP contribution in [0.1, 0.15) is 19.4 Å². The lowest BCUT2D eigenvalue weighted by atomic mass is 10.1. The Morgan fingerprint density at radius 3 is 2.55 bits per heavy atom. The number of nitrogens with zero attached hydrogens (tertiary/aromatic N) is 4. The first-order chi connectivity index (χ1) is 10.2. The molecule has 0 spiro atoms. The summed E-state index contributed by atoms with van der Waals surface area (Å²) in [7, 11) is 0. The molecular weight excluding hydrogens is 332 g/mol. The molecule has 0 bridgehead atoms. The Morgan fingerprint density at radius 2 is 2.09 bits per heavy atom. The first-order valence-corrected chi connectivity index (χ1v) is 6.44. The second-order valence-electron chi connectivity index (χ2n) is 4.71. The molecule has 1 aliphatic rings. The number of aromatic nitrogens is 2. The van der Waals surface area contributed by atoms with E-state index in [0.717, 1.165) is 4.68 Å². The molecule has 0 radical (unpaired) electrons. The summed E-state index contributed by atoms with van der Waals surface area (Å²) in [6, 6.07) is -1.17. The maximum Gasteiger partial charge on any atom is 0.287 e. The van der Waals surface area contributed by atoms with E-state index in [4.69, 9.17) is 11.6 Å². The smallest absolute Gasteiger partial charge is 0.287 e. The number of halogens is 5. The van der Waals surface area contributed by atoms with Crippen LogP contribution in [0, 0.1) is 0 Å². The van der Waals surface area contributed by atoms with Gasteiger partial charge in [0.15, 0.2) is 0 Å². The van der Waals surface area contributed by atoms with E-state index in [-0.39, 0.29) is 10.0 Å². The fourth-order valence-electron chi connectivity index (χ4n) is 1.94. The summed E-state index contributed by atoms with van der Waals surface area (Å²) >= 11 is 5.64. The van der Waals surface area contributed by atoms with Crippen molar-refractivity contribution >= 4 is 23.2 Å². The van der Waals surface area contributed by atoms with Gasteiger partial charge >= 0.3 is 0 Å². The van der Waals surface area contributed by atoms with Crippen LogP contribution in [0.5, 0.6) is 0 Å². The van der Waals surface area contributed by atoms with E-state index in [1.54, 1.807) is 0 Å². The van der Waals surface area contributed by atoms with Gasteiger partial charge in [-0.15, -0.1) is 0 Å². The molecule has 122 valence electrons. The Kier molecular flexibility index (Phi) is 4.43. The average molecular weight is 343 g/mol. The summed E-state index contributed by atoms with van der Waals surface area (Å²) in [4.78, 5) is 12.2. The van der Waals surface area contributed by atoms with Gasteiger partial charge in [-0.3, -0.25) is 9.48 Å². The van der Waals surface area contributed by atoms with Crippen LogP contribution in [-0.2, 0) is 4.79 Å². The largest absolute Gasteiger partial charge is 0.364 e. The van der Waals surface area contributed by atoms with Crippen LogP contribution in [0.15, 0.2) is 17.5 Å². The lowest BCUT2D eigenvalue weighted by Crippen LogP contribution is -2.53. The second kappa shape index (κ2) is 5.84. The number of carbonyl (C=O) groups is 1. The van der Waals surface area contributed by atoms with Crippen molar-refractivity contribution in [2.75, 3.05) is 0 Å². The fraction of sp³-hybridized carbons (Fsp3) is 0.545. The van der Waals surface area contributed by atoms with Crippen molar-refractivity contribution in [1.82, 2.24) is 14.8 Å². The number of hydrogen-bond acceptors (Lipinski definition) is 4. The number of carbonyl (C=O) groups excluding carboxylic acids is 1. The van der Waals surface area contributed by atoms with E-state index in [2.05, 4.69) is 10.2 Å². The summed E-state index contributed by atoms with van der Waals surface area (Å²) < 4.78 is 52.4. The van der Waals surface area contributed by atoms with Gasteiger partial charge in [0.05, 0.1) is 11.2 Å². The summed E-state index contributed by atoms with van der Waals surface area (Å²) in [6.07, 6.45) is -5.29. The highest BCUT2D eigenvalue weighted by atomic mass is 35.5. The predicted octanol–water partition coefficient (Wildman–Crippen LogP) is 1.90. The van der Waals surface area contributed by atoms with Crippen molar-refractivity contribution in [3.05, 3.63) is 17.4 Å². The molecule has 2 rings (SSSR count). The maximum atomic E-state index is 13.0. The van der Waals surface area contributed by atoms with Gasteiger partial charge in [-0.1, -0.05) is 11.6 Å². The maximum absolute atomic E-state index is 13.0.